The average molecular weight is 319 g/mol. The van der Waals surface area contributed by atoms with E-state index in [1.807, 2.05) is 30.0 Å². The molecule has 2 heterocycles. The summed E-state index contributed by atoms with van der Waals surface area (Å²) < 4.78 is 0. The van der Waals surface area contributed by atoms with Gasteiger partial charge in [-0.15, -0.1) is 0 Å². The number of thioether (sulfide) groups is 1. The molecule has 2 atom stereocenters. The molecular weight excluding hydrogens is 298 g/mol. The number of hydrogen-bond acceptors (Lipinski definition) is 4. The second kappa shape index (κ2) is 6.71. The number of imide groups is 1. The third-order valence-electron chi connectivity index (χ3n) is 4.23. The molecule has 1 aromatic carbocycles. The fraction of sp³-hybridized carbons (Fsp3) is 0.500. The molecule has 118 valence electrons. The predicted molar refractivity (Wildman–Crippen MR) is 87.8 cm³/mol. The summed E-state index contributed by atoms with van der Waals surface area (Å²) in [5, 5.41) is 3.11. The van der Waals surface area contributed by atoms with Crippen LogP contribution in [-0.4, -0.2) is 58.9 Å². The Kier molecular flexibility index (Phi) is 4.69. The van der Waals surface area contributed by atoms with Gasteiger partial charge in [0.1, 0.15) is 0 Å². The van der Waals surface area contributed by atoms with Crippen LogP contribution in [0.3, 0.4) is 0 Å². The molecule has 2 aliphatic rings. The van der Waals surface area contributed by atoms with Crippen LogP contribution in [0.1, 0.15) is 18.5 Å². The highest BCUT2D eigenvalue weighted by Crippen LogP contribution is 2.35. The summed E-state index contributed by atoms with van der Waals surface area (Å²) in [7, 11) is 0. The highest BCUT2D eigenvalue weighted by Gasteiger charge is 2.34. The zero-order valence-electron chi connectivity index (χ0n) is 12.7. The molecule has 0 bridgehead atoms. The summed E-state index contributed by atoms with van der Waals surface area (Å²) in [5.41, 5.74) is 1.24. The van der Waals surface area contributed by atoms with E-state index in [1.54, 1.807) is 0 Å². The van der Waals surface area contributed by atoms with Gasteiger partial charge >= 0.3 is 6.03 Å². The third kappa shape index (κ3) is 3.13. The van der Waals surface area contributed by atoms with Crippen LogP contribution in [0.2, 0.25) is 0 Å². The lowest BCUT2D eigenvalue weighted by molar-refractivity contribution is -0.129. The van der Waals surface area contributed by atoms with Crippen LogP contribution >= 0.6 is 11.8 Å². The van der Waals surface area contributed by atoms with Crippen LogP contribution in [0.5, 0.6) is 0 Å². The van der Waals surface area contributed by atoms with Gasteiger partial charge in [-0.2, -0.15) is 11.8 Å². The largest absolute Gasteiger partial charge is 0.336 e. The molecule has 2 saturated heterocycles. The van der Waals surface area contributed by atoms with Gasteiger partial charge in [-0.1, -0.05) is 37.3 Å². The lowest BCUT2D eigenvalue weighted by atomic mass is 10.0. The molecule has 5 nitrogen and oxygen atoms in total. The lowest BCUT2D eigenvalue weighted by Crippen LogP contribution is -2.47. The second-order valence-corrected chi connectivity index (χ2v) is 7.16. The summed E-state index contributed by atoms with van der Waals surface area (Å²) in [6.07, 6.45) is 0. The van der Waals surface area contributed by atoms with Crippen molar-refractivity contribution in [2.24, 2.45) is 0 Å². The Morgan fingerprint density at radius 1 is 1.32 bits per heavy atom. The van der Waals surface area contributed by atoms with Crippen molar-refractivity contribution in [2.45, 2.75) is 18.2 Å². The van der Waals surface area contributed by atoms with E-state index in [2.05, 4.69) is 29.3 Å². The minimum atomic E-state index is -0.263. The Morgan fingerprint density at radius 2 is 2.09 bits per heavy atom. The Hall–Kier alpha value is -1.53. The van der Waals surface area contributed by atoms with E-state index in [-0.39, 0.29) is 18.0 Å². The maximum atomic E-state index is 12.4. The van der Waals surface area contributed by atoms with E-state index in [1.165, 1.54) is 10.5 Å². The fourth-order valence-corrected chi connectivity index (χ4v) is 4.38. The van der Waals surface area contributed by atoms with Crippen molar-refractivity contribution in [2.75, 3.05) is 31.9 Å². The SMILES string of the molecule is CC1SCCN(CC(=O)N2CCNC2=O)C1c1ccccc1. The van der Waals surface area contributed by atoms with Crippen molar-refractivity contribution < 1.29 is 9.59 Å². The standard InChI is InChI=1S/C16H21N3O2S/c1-12-15(13-5-3-2-4-6-13)18(9-10-22-12)11-14(20)19-8-7-17-16(19)21/h2-6,12,15H,7-11H2,1H3,(H,17,21). The van der Waals surface area contributed by atoms with E-state index in [9.17, 15) is 9.59 Å². The second-order valence-electron chi connectivity index (χ2n) is 5.68. The van der Waals surface area contributed by atoms with Gasteiger partial charge in [0.2, 0.25) is 5.91 Å². The molecule has 0 aromatic heterocycles. The molecule has 2 unspecified atom stereocenters. The molecule has 0 spiro atoms. The molecule has 22 heavy (non-hydrogen) atoms. The summed E-state index contributed by atoms with van der Waals surface area (Å²) in [6.45, 7) is 4.42. The van der Waals surface area contributed by atoms with E-state index in [4.69, 9.17) is 0 Å². The number of amides is 3. The topological polar surface area (TPSA) is 52.7 Å². The first-order chi connectivity index (χ1) is 10.7. The first-order valence-electron chi connectivity index (χ1n) is 7.65. The molecule has 0 radical (unpaired) electrons. The zero-order valence-corrected chi connectivity index (χ0v) is 13.5. The maximum Gasteiger partial charge on any atom is 0.324 e. The molecule has 0 aliphatic carbocycles. The molecule has 3 amide bonds. The number of carbonyl (C=O) groups excluding carboxylic acids is 2. The van der Waals surface area contributed by atoms with Crippen molar-refractivity contribution in [3.8, 4) is 0 Å². The summed E-state index contributed by atoms with van der Waals surface area (Å²) in [5.74, 6) is 0.916. The summed E-state index contributed by atoms with van der Waals surface area (Å²) in [6, 6.07) is 10.3. The van der Waals surface area contributed by atoms with Crippen molar-refractivity contribution in [1.82, 2.24) is 15.1 Å². The van der Waals surface area contributed by atoms with Crippen LogP contribution in [0.25, 0.3) is 0 Å². The predicted octanol–water partition coefficient (Wildman–Crippen LogP) is 1.72. The minimum absolute atomic E-state index is 0.102. The first kappa shape index (κ1) is 15.4. The van der Waals surface area contributed by atoms with Crippen LogP contribution in [-0.2, 0) is 4.79 Å². The minimum Gasteiger partial charge on any atom is -0.336 e. The van der Waals surface area contributed by atoms with E-state index < -0.39 is 0 Å². The van der Waals surface area contributed by atoms with Crippen LogP contribution in [0, 0.1) is 0 Å². The molecule has 3 rings (SSSR count). The quantitative estimate of drug-likeness (QED) is 0.922. The molecule has 6 heteroatoms. The molecular formula is C16H21N3O2S. The van der Waals surface area contributed by atoms with Gasteiger partial charge in [-0.05, 0) is 5.56 Å². The number of nitrogens with zero attached hydrogens (tertiary/aromatic N) is 2. The Bertz CT molecular complexity index is 552. The molecule has 1 N–H and O–H groups in total. The zero-order chi connectivity index (χ0) is 15.5. The first-order valence-corrected chi connectivity index (χ1v) is 8.70. The van der Waals surface area contributed by atoms with Crippen LogP contribution in [0.15, 0.2) is 30.3 Å². The normalized spacial score (nSPS) is 26.0. The summed E-state index contributed by atoms with van der Waals surface area (Å²) in [4.78, 5) is 27.6. The van der Waals surface area contributed by atoms with Crippen molar-refractivity contribution in [1.29, 1.82) is 0 Å². The number of rotatable bonds is 3. The van der Waals surface area contributed by atoms with Crippen molar-refractivity contribution in [3.05, 3.63) is 35.9 Å². The van der Waals surface area contributed by atoms with Gasteiger partial charge in [0.05, 0.1) is 6.54 Å². The highest BCUT2D eigenvalue weighted by molar-refractivity contribution is 8.00. The van der Waals surface area contributed by atoms with Crippen LogP contribution in [0.4, 0.5) is 4.79 Å². The average Bonchev–Trinajstić information content (AvgIpc) is 2.94. The van der Waals surface area contributed by atoms with E-state index >= 15 is 0 Å². The Morgan fingerprint density at radius 3 is 2.77 bits per heavy atom. The van der Waals surface area contributed by atoms with Crippen LogP contribution < -0.4 is 5.32 Å². The van der Waals surface area contributed by atoms with Gasteiger partial charge in [-0.3, -0.25) is 14.6 Å². The number of benzene rings is 1. The maximum absolute atomic E-state index is 12.4. The van der Waals surface area contributed by atoms with Gasteiger partial charge in [-0.25, -0.2) is 4.79 Å². The lowest BCUT2D eigenvalue weighted by Gasteiger charge is -2.39. The Balaban J connectivity index is 1.75. The third-order valence-corrected chi connectivity index (χ3v) is 5.44. The van der Waals surface area contributed by atoms with Gasteiger partial charge in [0, 0.05) is 36.7 Å². The van der Waals surface area contributed by atoms with Crippen molar-refractivity contribution in [3.63, 3.8) is 0 Å². The molecule has 2 fully saturated rings. The van der Waals surface area contributed by atoms with E-state index in [0.29, 0.717) is 24.9 Å². The summed E-state index contributed by atoms with van der Waals surface area (Å²) >= 11 is 1.94. The highest BCUT2D eigenvalue weighted by atomic mass is 32.2. The molecule has 2 aliphatic heterocycles. The van der Waals surface area contributed by atoms with Crippen molar-refractivity contribution >= 4 is 23.7 Å². The van der Waals surface area contributed by atoms with Gasteiger partial charge in [0.15, 0.2) is 0 Å². The van der Waals surface area contributed by atoms with Gasteiger partial charge in [0.25, 0.3) is 0 Å². The number of carbonyl (C=O) groups is 2. The monoisotopic (exact) mass is 319 g/mol. The van der Waals surface area contributed by atoms with Gasteiger partial charge < -0.3 is 5.32 Å². The smallest absolute Gasteiger partial charge is 0.324 e. The molecule has 1 aromatic rings. The number of hydrogen-bond donors (Lipinski definition) is 1. The number of nitrogens with one attached hydrogen (secondary N) is 1. The molecule has 0 saturated carbocycles. The fourth-order valence-electron chi connectivity index (χ4n) is 3.16. The van der Waals surface area contributed by atoms with E-state index in [0.717, 1.165) is 12.3 Å². The Labute approximate surface area is 135 Å². The number of urea groups is 1.